The van der Waals surface area contributed by atoms with Crippen LogP contribution in [0.15, 0.2) is 23.3 Å². The van der Waals surface area contributed by atoms with Crippen molar-refractivity contribution in [2.45, 2.75) is 40.3 Å². The van der Waals surface area contributed by atoms with Crippen molar-refractivity contribution in [1.29, 1.82) is 0 Å². The minimum atomic E-state index is 0. The van der Waals surface area contributed by atoms with Gasteiger partial charge >= 0.3 is 0 Å². The van der Waals surface area contributed by atoms with Crippen LogP contribution in [-0.4, -0.2) is 43.7 Å². The van der Waals surface area contributed by atoms with Crippen molar-refractivity contribution in [3.05, 3.63) is 39.3 Å². The quantitative estimate of drug-likeness (QED) is 0.322. The standard InChI is InChI=1S/C20H30N4O2S.HI/c1-7-16-11-22-19(27-16)12-23-20(21-8-2)24(4)13-15-10-18(26-6)17(25-5)9-14(15)3;/h9-11H,7-8,12-13H2,1-6H3,(H,21,23);1H. The number of hydrogen-bond acceptors (Lipinski definition) is 5. The summed E-state index contributed by atoms with van der Waals surface area (Å²) in [5.74, 6) is 2.35. The largest absolute Gasteiger partial charge is 0.493 e. The van der Waals surface area contributed by atoms with Crippen LogP contribution in [0.1, 0.15) is 34.9 Å². The van der Waals surface area contributed by atoms with Gasteiger partial charge in [-0.15, -0.1) is 35.3 Å². The number of aromatic nitrogens is 1. The van der Waals surface area contributed by atoms with Crippen LogP contribution in [0.4, 0.5) is 0 Å². The summed E-state index contributed by atoms with van der Waals surface area (Å²) >= 11 is 1.73. The molecule has 1 N–H and O–H groups in total. The Balaban J connectivity index is 0.00000392. The number of ether oxygens (including phenoxy) is 2. The van der Waals surface area contributed by atoms with Gasteiger partial charge in [-0.3, -0.25) is 0 Å². The van der Waals surface area contributed by atoms with Crippen LogP contribution in [0.25, 0.3) is 0 Å². The fraction of sp³-hybridized carbons (Fsp3) is 0.500. The van der Waals surface area contributed by atoms with E-state index in [1.54, 1.807) is 25.6 Å². The summed E-state index contributed by atoms with van der Waals surface area (Å²) in [5, 5.41) is 4.40. The fourth-order valence-corrected chi connectivity index (χ4v) is 3.51. The molecule has 6 nitrogen and oxygen atoms in total. The van der Waals surface area contributed by atoms with Gasteiger partial charge < -0.3 is 19.7 Å². The second-order valence-corrected chi connectivity index (χ2v) is 7.43. The molecule has 8 heteroatoms. The number of nitrogens with zero attached hydrogens (tertiary/aromatic N) is 3. The van der Waals surface area contributed by atoms with E-state index in [-0.39, 0.29) is 24.0 Å². The molecule has 0 bridgehead atoms. The first kappa shape index (κ1) is 24.5. The number of benzene rings is 1. The number of thiazole rings is 1. The Morgan fingerprint density at radius 3 is 2.46 bits per heavy atom. The lowest BCUT2D eigenvalue weighted by atomic mass is 10.1. The number of hydrogen-bond donors (Lipinski definition) is 1. The Bertz CT molecular complexity index is 780. The SMILES string of the molecule is CCNC(=NCc1ncc(CC)s1)N(C)Cc1cc(OC)c(OC)cc1C.I. The molecular weight excluding hydrogens is 487 g/mol. The van der Waals surface area contributed by atoms with E-state index < -0.39 is 0 Å². The molecule has 1 aromatic heterocycles. The van der Waals surface area contributed by atoms with Gasteiger partial charge in [0.05, 0.1) is 20.8 Å². The molecule has 1 heterocycles. The van der Waals surface area contributed by atoms with Crippen molar-refractivity contribution in [1.82, 2.24) is 15.2 Å². The van der Waals surface area contributed by atoms with E-state index in [2.05, 4.69) is 36.0 Å². The molecule has 0 saturated heterocycles. The molecule has 2 rings (SSSR count). The third-order valence-electron chi connectivity index (χ3n) is 4.26. The summed E-state index contributed by atoms with van der Waals surface area (Å²) in [6.07, 6.45) is 2.96. The number of nitrogens with one attached hydrogen (secondary N) is 1. The van der Waals surface area contributed by atoms with Crippen LogP contribution in [0.5, 0.6) is 11.5 Å². The van der Waals surface area contributed by atoms with Gasteiger partial charge in [-0.2, -0.15) is 0 Å². The second kappa shape index (κ2) is 12.1. The van der Waals surface area contributed by atoms with Gasteiger partial charge in [-0.1, -0.05) is 6.92 Å². The Kier molecular flexibility index (Phi) is 10.6. The van der Waals surface area contributed by atoms with Crippen LogP contribution >= 0.6 is 35.3 Å². The number of methoxy groups -OCH3 is 2. The molecule has 0 fully saturated rings. The van der Waals surface area contributed by atoms with E-state index in [4.69, 9.17) is 14.5 Å². The summed E-state index contributed by atoms with van der Waals surface area (Å²) in [7, 11) is 5.35. The van der Waals surface area contributed by atoms with Gasteiger partial charge in [0.15, 0.2) is 17.5 Å². The first-order valence-electron chi connectivity index (χ1n) is 9.16. The third kappa shape index (κ3) is 6.51. The highest BCUT2D eigenvalue weighted by molar-refractivity contribution is 14.0. The highest BCUT2D eigenvalue weighted by atomic mass is 127. The predicted molar refractivity (Wildman–Crippen MR) is 127 cm³/mol. The zero-order chi connectivity index (χ0) is 19.8. The van der Waals surface area contributed by atoms with E-state index in [0.717, 1.165) is 47.5 Å². The monoisotopic (exact) mass is 518 g/mol. The Labute approximate surface area is 189 Å². The fourth-order valence-electron chi connectivity index (χ4n) is 2.72. The van der Waals surface area contributed by atoms with Crippen LogP contribution < -0.4 is 14.8 Å². The van der Waals surface area contributed by atoms with Crippen molar-refractivity contribution < 1.29 is 9.47 Å². The summed E-state index contributed by atoms with van der Waals surface area (Å²) < 4.78 is 10.8. The molecule has 0 radical (unpaired) electrons. The number of guanidine groups is 1. The third-order valence-corrected chi connectivity index (χ3v) is 5.39. The van der Waals surface area contributed by atoms with Gasteiger partial charge in [-0.05, 0) is 43.5 Å². The van der Waals surface area contributed by atoms with E-state index in [9.17, 15) is 0 Å². The van der Waals surface area contributed by atoms with Crippen LogP contribution in [0.3, 0.4) is 0 Å². The summed E-state index contributed by atoms with van der Waals surface area (Å²) in [6, 6.07) is 4.04. The molecule has 0 atom stereocenters. The van der Waals surface area contributed by atoms with Gasteiger partial charge in [0.1, 0.15) is 5.01 Å². The molecule has 0 aliphatic heterocycles. The van der Waals surface area contributed by atoms with Crippen LogP contribution in [0.2, 0.25) is 0 Å². The van der Waals surface area contributed by atoms with Crippen molar-refractivity contribution in [2.75, 3.05) is 27.8 Å². The molecule has 2 aromatic rings. The lowest BCUT2D eigenvalue weighted by molar-refractivity contribution is 0.353. The second-order valence-electron chi connectivity index (χ2n) is 6.23. The van der Waals surface area contributed by atoms with Gasteiger partial charge in [0, 0.05) is 31.2 Å². The van der Waals surface area contributed by atoms with Crippen LogP contribution in [-0.2, 0) is 19.5 Å². The number of aryl methyl sites for hydroxylation is 2. The molecular formula is C20H31IN4O2S. The highest BCUT2D eigenvalue weighted by Gasteiger charge is 2.13. The summed E-state index contributed by atoms with van der Waals surface area (Å²) in [5.41, 5.74) is 2.33. The molecule has 0 amide bonds. The molecule has 0 saturated carbocycles. The molecule has 0 aliphatic rings. The van der Waals surface area contributed by atoms with E-state index >= 15 is 0 Å². The smallest absolute Gasteiger partial charge is 0.194 e. The minimum absolute atomic E-state index is 0. The van der Waals surface area contributed by atoms with Gasteiger partial charge in [0.2, 0.25) is 0 Å². The maximum atomic E-state index is 5.44. The first-order valence-corrected chi connectivity index (χ1v) is 9.98. The Hall–Kier alpha value is -1.55. The molecule has 28 heavy (non-hydrogen) atoms. The predicted octanol–water partition coefficient (Wildman–Crippen LogP) is 4.25. The number of aliphatic imine (C=N–C) groups is 1. The lowest BCUT2D eigenvalue weighted by Gasteiger charge is -2.23. The minimum Gasteiger partial charge on any atom is -0.493 e. The first-order chi connectivity index (χ1) is 13.0. The van der Waals surface area contributed by atoms with E-state index in [1.807, 2.05) is 25.4 Å². The zero-order valence-electron chi connectivity index (χ0n) is 17.5. The maximum Gasteiger partial charge on any atom is 0.194 e. The summed E-state index contributed by atoms with van der Waals surface area (Å²) in [4.78, 5) is 12.6. The topological polar surface area (TPSA) is 59.0 Å². The Morgan fingerprint density at radius 1 is 1.21 bits per heavy atom. The highest BCUT2D eigenvalue weighted by Crippen LogP contribution is 2.30. The van der Waals surface area contributed by atoms with Crippen LogP contribution in [0, 0.1) is 6.92 Å². The molecule has 0 spiro atoms. The Morgan fingerprint density at radius 2 is 1.89 bits per heavy atom. The average molecular weight is 518 g/mol. The zero-order valence-corrected chi connectivity index (χ0v) is 20.7. The average Bonchev–Trinajstić information content (AvgIpc) is 3.14. The lowest BCUT2D eigenvalue weighted by Crippen LogP contribution is -2.38. The molecule has 0 aliphatic carbocycles. The van der Waals surface area contributed by atoms with E-state index in [1.165, 1.54) is 10.4 Å². The van der Waals surface area contributed by atoms with Crippen molar-refractivity contribution in [3.8, 4) is 11.5 Å². The van der Waals surface area contributed by atoms with Crippen molar-refractivity contribution in [3.63, 3.8) is 0 Å². The normalized spacial score (nSPS) is 11.0. The molecule has 1 aromatic carbocycles. The molecule has 156 valence electrons. The number of halogens is 1. The van der Waals surface area contributed by atoms with Gasteiger partial charge in [0.25, 0.3) is 0 Å². The van der Waals surface area contributed by atoms with Crippen molar-refractivity contribution >= 4 is 41.3 Å². The van der Waals surface area contributed by atoms with E-state index in [0.29, 0.717) is 6.54 Å². The number of rotatable bonds is 8. The van der Waals surface area contributed by atoms with Gasteiger partial charge in [-0.25, -0.2) is 9.98 Å². The molecule has 0 unspecified atom stereocenters. The van der Waals surface area contributed by atoms with Crippen molar-refractivity contribution in [2.24, 2.45) is 4.99 Å². The maximum absolute atomic E-state index is 5.44. The summed E-state index contributed by atoms with van der Waals surface area (Å²) in [6.45, 7) is 8.41.